The number of nitrogens with zero attached hydrogens (tertiary/aromatic N) is 3. The van der Waals surface area contributed by atoms with Crippen molar-refractivity contribution in [2.24, 2.45) is 5.92 Å². The van der Waals surface area contributed by atoms with Gasteiger partial charge in [0.2, 0.25) is 0 Å². The van der Waals surface area contributed by atoms with E-state index in [1.807, 2.05) is 11.0 Å². The van der Waals surface area contributed by atoms with Crippen LogP contribution in [0.15, 0.2) is 47.3 Å². The molecule has 3 rings (SSSR count). The van der Waals surface area contributed by atoms with Gasteiger partial charge in [0.05, 0.1) is 0 Å². The molecule has 5 heteroatoms. The normalized spacial score (nSPS) is 15.2. The number of unbranched alkanes of at least 4 members (excludes halogenated alkanes) is 1. The molecule has 0 N–H and O–H groups in total. The van der Waals surface area contributed by atoms with E-state index in [2.05, 4.69) is 36.3 Å². The van der Waals surface area contributed by atoms with Gasteiger partial charge in [0.25, 0.3) is 11.5 Å². The Labute approximate surface area is 154 Å². The van der Waals surface area contributed by atoms with E-state index in [9.17, 15) is 9.59 Å². The number of carbonyl (C=O) groups is 1. The Bertz CT molecular complexity index is 777. The van der Waals surface area contributed by atoms with Gasteiger partial charge in [0.15, 0.2) is 0 Å². The van der Waals surface area contributed by atoms with Gasteiger partial charge in [-0.2, -0.15) is 5.10 Å². The van der Waals surface area contributed by atoms with Crippen LogP contribution in [0.5, 0.6) is 0 Å². The maximum atomic E-state index is 12.8. The van der Waals surface area contributed by atoms with Crippen molar-refractivity contribution >= 4 is 5.91 Å². The number of rotatable bonds is 6. The third kappa shape index (κ3) is 4.59. The van der Waals surface area contributed by atoms with Gasteiger partial charge in [-0.05, 0) is 43.2 Å². The van der Waals surface area contributed by atoms with Crippen LogP contribution in [0.25, 0.3) is 0 Å². The first-order valence-electron chi connectivity index (χ1n) is 9.58. The van der Waals surface area contributed by atoms with Crippen molar-refractivity contribution in [2.75, 3.05) is 13.1 Å². The van der Waals surface area contributed by atoms with Crippen LogP contribution in [-0.4, -0.2) is 33.7 Å². The SMILES string of the molecule is CCCCn1nc(C(=O)N2CCC(Cc3ccccc3)CC2)ccc1=O. The quantitative estimate of drug-likeness (QED) is 0.802. The molecule has 0 bridgehead atoms. The topological polar surface area (TPSA) is 55.2 Å². The molecule has 138 valence electrons. The summed E-state index contributed by atoms with van der Waals surface area (Å²) >= 11 is 0. The second-order valence-electron chi connectivity index (χ2n) is 7.06. The minimum absolute atomic E-state index is 0.0617. The Balaban J connectivity index is 1.59. The van der Waals surface area contributed by atoms with Gasteiger partial charge in [-0.3, -0.25) is 9.59 Å². The predicted molar refractivity (Wildman–Crippen MR) is 102 cm³/mol. The minimum atomic E-state index is -0.142. The lowest BCUT2D eigenvalue weighted by molar-refractivity contribution is 0.0681. The lowest BCUT2D eigenvalue weighted by Gasteiger charge is -2.32. The summed E-state index contributed by atoms with van der Waals surface area (Å²) in [6.07, 6.45) is 4.96. The van der Waals surface area contributed by atoms with Crippen molar-refractivity contribution in [1.82, 2.24) is 14.7 Å². The van der Waals surface area contributed by atoms with Crippen LogP contribution in [0.1, 0.15) is 48.7 Å². The number of carbonyl (C=O) groups excluding carboxylic acids is 1. The Hall–Kier alpha value is -2.43. The van der Waals surface area contributed by atoms with Crippen LogP contribution in [0, 0.1) is 5.92 Å². The number of hydrogen-bond acceptors (Lipinski definition) is 3. The van der Waals surface area contributed by atoms with E-state index in [-0.39, 0.29) is 11.5 Å². The van der Waals surface area contributed by atoms with Gasteiger partial charge >= 0.3 is 0 Å². The van der Waals surface area contributed by atoms with E-state index < -0.39 is 0 Å². The molecule has 0 aliphatic carbocycles. The molecule has 1 aromatic carbocycles. The van der Waals surface area contributed by atoms with Crippen LogP contribution < -0.4 is 5.56 Å². The fourth-order valence-corrected chi connectivity index (χ4v) is 3.48. The highest BCUT2D eigenvalue weighted by molar-refractivity contribution is 5.92. The van der Waals surface area contributed by atoms with Crippen LogP contribution in [0.2, 0.25) is 0 Å². The molecule has 1 saturated heterocycles. The van der Waals surface area contributed by atoms with Gasteiger partial charge in [-0.25, -0.2) is 4.68 Å². The van der Waals surface area contributed by atoms with Crippen molar-refractivity contribution < 1.29 is 4.79 Å². The molecule has 0 spiro atoms. The fraction of sp³-hybridized carbons (Fsp3) is 0.476. The molecule has 2 aromatic rings. The number of hydrogen-bond donors (Lipinski definition) is 0. The Morgan fingerprint density at radius 2 is 1.85 bits per heavy atom. The number of aromatic nitrogens is 2. The third-order valence-corrected chi connectivity index (χ3v) is 5.08. The van der Waals surface area contributed by atoms with Crippen molar-refractivity contribution in [3.8, 4) is 0 Å². The van der Waals surface area contributed by atoms with Crippen LogP contribution in [0.3, 0.4) is 0 Å². The Morgan fingerprint density at radius 3 is 2.54 bits per heavy atom. The highest BCUT2D eigenvalue weighted by atomic mass is 16.2. The molecule has 1 amide bonds. The van der Waals surface area contributed by atoms with Crippen molar-refractivity contribution in [3.05, 3.63) is 64.1 Å². The molecule has 0 atom stereocenters. The lowest BCUT2D eigenvalue weighted by Crippen LogP contribution is -2.40. The first-order chi connectivity index (χ1) is 12.7. The number of benzene rings is 1. The zero-order chi connectivity index (χ0) is 18.4. The van der Waals surface area contributed by atoms with E-state index >= 15 is 0 Å². The second-order valence-corrected chi connectivity index (χ2v) is 7.06. The molecule has 1 fully saturated rings. The van der Waals surface area contributed by atoms with Gasteiger partial charge in [0.1, 0.15) is 5.69 Å². The monoisotopic (exact) mass is 353 g/mol. The summed E-state index contributed by atoms with van der Waals surface area (Å²) in [4.78, 5) is 26.5. The Kier molecular flexibility index (Phi) is 6.21. The lowest BCUT2D eigenvalue weighted by atomic mass is 9.90. The smallest absolute Gasteiger partial charge is 0.274 e. The number of piperidine rings is 1. The summed E-state index contributed by atoms with van der Waals surface area (Å²) in [5, 5.41) is 4.28. The predicted octanol–water partition coefficient (Wildman–Crippen LogP) is 3.14. The average Bonchev–Trinajstić information content (AvgIpc) is 2.68. The molecule has 0 unspecified atom stereocenters. The molecule has 0 radical (unpaired) electrons. The second kappa shape index (κ2) is 8.79. The van der Waals surface area contributed by atoms with E-state index in [0.717, 1.165) is 45.2 Å². The van der Waals surface area contributed by atoms with Gasteiger partial charge in [-0.15, -0.1) is 0 Å². The maximum absolute atomic E-state index is 12.8. The molecule has 26 heavy (non-hydrogen) atoms. The van der Waals surface area contributed by atoms with Crippen LogP contribution in [-0.2, 0) is 13.0 Å². The number of likely N-dealkylation sites (tertiary alicyclic amines) is 1. The molecular weight excluding hydrogens is 326 g/mol. The summed E-state index contributed by atoms with van der Waals surface area (Å²) in [6.45, 7) is 4.15. The maximum Gasteiger partial charge on any atom is 0.274 e. The zero-order valence-corrected chi connectivity index (χ0v) is 15.4. The van der Waals surface area contributed by atoms with E-state index in [0.29, 0.717) is 18.2 Å². The van der Waals surface area contributed by atoms with Gasteiger partial charge in [0, 0.05) is 25.7 Å². The van der Waals surface area contributed by atoms with Gasteiger partial charge < -0.3 is 4.90 Å². The summed E-state index contributed by atoms with van der Waals surface area (Å²) in [6, 6.07) is 13.5. The summed E-state index contributed by atoms with van der Waals surface area (Å²) in [7, 11) is 0. The molecular formula is C21H27N3O2. The average molecular weight is 353 g/mol. The Morgan fingerprint density at radius 1 is 1.12 bits per heavy atom. The first-order valence-corrected chi connectivity index (χ1v) is 9.58. The largest absolute Gasteiger partial charge is 0.337 e. The van der Waals surface area contributed by atoms with Crippen LogP contribution >= 0.6 is 0 Å². The highest BCUT2D eigenvalue weighted by Gasteiger charge is 2.24. The molecule has 0 saturated carbocycles. The standard InChI is InChI=1S/C21H27N3O2/c1-2-3-13-24-20(25)10-9-19(22-24)21(26)23-14-11-18(12-15-23)16-17-7-5-4-6-8-17/h4-10,18H,2-3,11-16H2,1H3. The van der Waals surface area contributed by atoms with E-state index in [1.54, 1.807) is 6.07 Å². The summed E-state index contributed by atoms with van der Waals surface area (Å²) < 4.78 is 1.42. The first kappa shape index (κ1) is 18.4. The number of aryl methyl sites for hydroxylation is 1. The number of amides is 1. The van der Waals surface area contributed by atoms with Crippen molar-refractivity contribution in [2.45, 2.75) is 45.6 Å². The van der Waals surface area contributed by atoms with E-state index in [4.69, 9.17) is 0 Å². The summed E-state index contributed by atoms with van der Waals surface area (Å²) in [5.41, 5.74) is 1.60. The molecule has 1 aliphatic heterocycles. The van der Waals surface area contributed by atoms with Crippen molar-refractivity contribution in [1.29, 1.82) is 0 Å². The third-order valence-electron chi connectivity index (χ3n) is 5.08. The zero-order valence-electron chi connectivity index (χ0n) is 15.4. The highest BCUT2D eigenvalue weighted by Crippen LogP contribution is 2.22. The minimum Gasteiger partial charge on any atom is -0.337 e. The molecule has 2 heterocycles. The molecule has 1 aliphatic rings. The summed E-state index contributed by atoms with van der Waals surface area (Å²) in [5.74, 6) is 0.557. The van der Waals surface area contributed by atoms with E-state index in [1.165, 1.54) is 16.3 Å². The van der Waals surface area contributed by atoms with Crippen LogP contribution in [0.4, 0.5) is 0 Å². The molecule has 5 nitrogen and oxygen atoms in total. The fourth-order valence-electron chi connectivity index (χ4n) is 3.48. The molecule has 1 aromatic heterocycles. The van der Waals surface area contributed by atoms with Crippen molar-refractivity contribution in [3.63, 3.8) is 0 Å². The van der Waals surface area contributed by atoms with Gasteiger partial charge in [-0.1, -0.05) is 43.7 Å².